The Morgan fingerprint density at radius 1 is 1.16 bits per heavy atom. The molecule has 202 valence electrons. The molecule has 0 spiro atoms. The number of rotatable bonds is 5. The highest BCUT2D eigenvalue weighted by molar-refractivity contribution is 7.22. The predicted octanol–water partition coefficient (Wildman–Crippen LogP) is 3.93. The van der Waals surface area contributed by atoms with Gasteiger partial charge in [-0.15, -0.1) is 0 Å². The van der Waals surface area contributed by atoms with Crippen molar-refractivity contribution in [1.29, 1.82) is 0 Å². The fourth-order valence-electron chi connectivity index (χ4n) is 4.04. The van der Waals surface area contributed by atoms with E-state index in [9.17, 15) is 14.4 Å². The Hall–Kier alpha value is -3.82. The third kappa shape index (κ3) is 6.17. The van der Waals surface area contributed by atoms with E-state index in [1.165, 1.54) is 11.3 Å². The molecule has 0 saturated carbocycles. The number of carbonyl (C=O) groups excluding carboxylic acids is 3. The van der Waals surface area contributed by atoms with Gasteiger partial charge in [-0.3, -0.25) is 4.79 Å². The maximum absolute atomic E-state index is 13.3. The van der Waals surface area contributed by atoms with E-state index in [1.54, 1.807) is 47.3 Å². The van der Waals surface area contributed by atoms with Crippen LogP contribution in [0.25, 0.3) is 10.2 Å². The van der Waals surface area contributed by atoms with Crippen LogP contribution in [0.1, 0.15) is 45.0 Å². The Morgan fingerprint density at radius 3 is 2.50 bits per heavy atom. The maximum atomic E-state index is 13.3. The first-order valence-corrected chi connectivity index (χ1v) is 13.3. The second kappa shape index (κ2) is 10.9. The van der Waals surface area contributed by atoms with Gasteiger partial charge in [0, 0.05) is 45.5 Å². The van der Waals surface area contributed by atoms with Gasteiger partial charge in [-0.05, 0) is 52.8 Å². The number of fused-ring (bicyclic) bond motifs is 1. The Balaban J connectivity index is 1.56. The lowest BCUT2D eigenvalue weighted by atomic mass is 10.1. The Labute approximate surface area is 226 Å². The molecule has 38 heavy (non-hydrogen) atoms. The SMILES string of the molecule is CC(C)Oc1cc2nc(N3CCN(C(=O)OC(C)(C)C)CC3)sc2cc1C(=O)NC1=CC=CN(C)C1=C=O. The third-order valence-electron chi connectivity index (χ3n) is 5.81. The molecule has 10 nitrogen and oxygen atoms in total. The lowest BCUT2D eigenvalue weighted by molar-refractivity contribution is 0.0240. The molecule has 0 unspecified atom stereocenters. The van der Waals surface area contributed by atoms with Gasteiger partial charge >= 0.3 is 6.09 Å². The molecule has 3 heterocycles. The highest BCUT2D eigenvalue weighted by Gasteiger charge is 2.28. The molecule has 11 heteroatoms. The lowest BCUT2D eigenvalue weighted by Gasteiger charge is -2.35. The zero-order valence-corrected chi connectivity index (χ0v) is 23.3. The van der Waals surface area contributed by atoms with E-state index in [2.05, 4.69) is 10.2 Å². The number of aromatic nitrogens is 1. The van der Waals surface area contributed by atoms with Gasteiger partial charge in [-0.1, -0.05) is 11.3 Å². The minimum Gasteiger partial charge on any atom is -0.490 e. The van der Waals surface area contributed by atoms with Gasteiger partial charge in [0.25, 0.3) is 5.91 Å². The molecular formula is C27H33N5O5S. The molecule has 1 aromatic heterocycles. The molecule has 0 bridgehead atoms. The summed E-state index contributed by atoms with van der Waals surface area (Å²) >= 11 is 1.48. The molecule has 2 aromatic rings. The number of thiazole rings is 1. The molecular weight excluding hydrogens is 506 g/mol. The minimum absolute atomic E-state index is 0.161. The van der Waals surface area contributed by atoms with E-state index in [1.807, 2.05) is 40.6 Å². The first-order valence-electron chi connectivity index (χ1n) is 12.5. The largest absolute Gasteiger partial charge is 0.490 e. The molecule has 0 atom stereocenters. The van der Waals surface area contributed by atoms with E-state index in [0.29, 0.717) is 43.2 Å². The molecule has 0 radical (unpaired) electrons. The van der Waals surface area contributed by atoms with Gasteiger partial charge in [-0.25, -0.2) is 14.6 Å². The zero-order chi connectivity index (χ0) is 27.6. The normalized spacial score (nSPS) is 16.0. The quantitative estimate of drug-likeness (QED) is 0.570. The van der Waals surface area contributed by atoms with Crippen LogP contribution >= 0.6 is 11.3 Å². The standard InChI is InChI=1S/C27H33N5O5S/c1-17(2)36-22-15-20-23(14-18(22)24(34)28-19-8-7-9-30(6)21(19)16-33)38-25(29-20)31-10-12-32(13-11-31)26(35)37-27(3,4)5/h7-9,14-15,17H,10-13H2,1-6H3,(H,28,34). The summed E-state index contributed by atoms with van der Waals surface area (Å²) < 4.78 is 12.3. The molecule has 2 amide bonds. The Bertz CT molecular complexity index is 1340. The van der Waals surface area contributed by atoms with Crippen LogP contribution in [-0.2, 0) is 9.53 Å². The molecule has 0 aliphatic carbocycles. The maximum Gasteiger partial charge on any atom is 0.410 e. The van der Waals surface area contributed by atoms with Crippen LogP contribution in [0.5, 0.6) is 5.75 Å². The number of ether oxygens (including phenoxy) is 2. The number of benzene rings is 1. The topological polar surface area (TPSA) is 104 Å². The van der Waals surface area contributed by atoms with Crippen molar-refractivity contribution in [3.8, 4) is 5.75 Å². The summed E-state index contributed by atoms with van der Waals surface area (Å²) in [7, 11) is 1.71. The summed E-state index contributed by atoms with van der Waals surface area (Å²) in [6.07, 6.45) is 4.63. The Kier molecular flexibility index (Phi) is 7.80. The fourth-order valence-corrected chi connectivity index (χ4v) is 5.08. The van der Waals surface area contributed by atoms with E-state index in [-0.39, 0.29) is 17.9 Å². The second-order valence-electron chi connectivity index (χ2n) is 10.4. The number of piperazine rings is 1. The molecule has 1 aromatic carbocycles. The van der Waals surface area contributed by atoms with Crippen molar-refractivity contribution in [2.45, 2.75) is 46.3 Å². The van der Waals surface area contributed by atoms with Gasteiger partial charge in [-0.2, -0.15) is 0 Å². The summed E-state index contributed by atoms with van der Waals surface area (Å²) in [6.45, 7) is 11.7. The van der Waals surface area contributed by atoms with Gasteiger partial charge < -0.3 is 29.5 Å². The monoisotopic (exact) mass is 539 g/mol. The van der Waals surface area contributed by atoms with E-state index >= 15 is 0 Å². The third-order valence-corrected chi connectivity index (χ3v) is 6.89. The van der Waals surface area contributed by atoms with Crippen molar-refractivity contribution in [3.05, 3.63) is 47.4 Å². The van der Waals surface area contributed by atoms with Crippen LogP contribution in [0, 0.1) is 0 Å². The summed E-state index contributed by atoms with van der Waals surface area (Å²) in [5.41, 5.74) is 1.13. The average Bonchev–Trinajstić information content (AvgIpc) is 3.25. The predicted molar refractivity (Wildman–Crippen MR) is 147 cm³/mol. The van der Waals surface area contributed by atoms with Crippen LogP contribution in [-0.4, -0.2) is 77.7 Å². The molecule has 2 aliphatic rings. The number of nitrogens with one attached hydrogen (secondary N) is 1. The first kappa shape index (κ1) is 27.2. The van der Waals surface area contributed by atoms with Crippen molar-refractivity contribution < 1.29 is 23.9 Å². The van der Waals surface area contributed by atoms with Gasteiger partial charge in [0.05, 0.1) is 27.6 Å². The molecule has 2 aliphatic heterocycles. The summed E-state index contributed by atoms with van der Waals surface area (Å²) in [5.74, 6) is 1.89. The number of nitrogens with zero attached hydrogens (tertiary/aromatic N) is 4. The summed E-state index contributed by atoms with van der Waals surface area (Å²) in [5, 5.41) is 3.63. The van der Waals surface area contributed by atoms with Crippen molar-refractivity contribution in [3.63, 3.8) is 0 Å². The van der Waals surface area contributed by atoms with Crippen LogP contribution in [0.2, 0.25) is 0 Å². The molecule has 1 saturated heterocycles. The highest BCUT2D eigenvalue weighted by Crippen LogP contribution is 2.35. The number of hydrogen-bond donors (Lipinski definition) is 1. The van der Waals surface area contributed by atoms with Crippen LogP contribution in [0.4, 0.5) is 9.93 Å². The zero-order valence-electron chi connectivity index (χ0n) is 22.5. The van der Waals surface area contributed by atoms with E-state index in [0.717, 1.165) is 15.3 Å². The smallest absolute Gasteiger partial charge is 0.410 e. The van der Waals surface area contributed by atoms with Crippen molar-refractivity contribution >= 4 is 44.6 Å². The average molecular weight is 540 g/mol. The van der Waals surface area contributed by atoms with Crippen LogP contribution in [0.15, 0.2) is 41.9 Å². The first-order chi connectivity index (χ1) is 17.9. The van der Waals surface area contributed by atoms with E-state index in [4.69, 9.17) is 14.5 Å². The number of amides is 2. The second-order valence-corrected chi connectivity index (χ2v) is 11.4. The van der Waals surface area contributed by atoms with Gasteiger partial charge in [0.15, 0.2) is 11.1 Å². The minimum atomic E-state index is -0.535. The van der Waals surface area contributed by atoms with E-state index < -0.39 is 11.5 Å². The molecule has 4 rings (SSSR count). The van der Waals surface area contributed by atoms with Crippen molar-refractivity contribution in [2.75, 3.05) is 38.1 Å². The molecule has 1 fully saturated rings. The van der Waals surface area contributed by atoms with Gasteiger partial charge in [0.2, 0.25) is 0 Å². The number of carbonyl (C=O) groups is 2. The van der Waals surface area contributed by atoms with Gasteiger partial charge in [0.1, 0.15) is 17.0 Å². The number of anilines is 1. The fraction of sp³-hybridized carbons (Fsp3) is 0.444. The van der Waals surface area contributed by atoms with Crippen LogP contribution in [0.3, 0.4) is 0 Å². The van der Waals surface area contributed by atoms with Crippen LogP contribution < -0.4 is 15.0 Å². The number of allylic oxidation sites excluding steroid dienone is 2. The van der Waals surface area contributed by atoms with Crippen molar-refractivity contribution in [1.82, 2.24) is 20.1 Å². The molecule has 1 N–H and O–H groups in total. The Morgan fingerprint density at radius 2 is 1.87 bits per heavy atom. The number of likely N-dealkylation sites (N-methyl/N-ethyl adjacent to an activating group) is 1. The lowest BCUT2D eigenvalue weighted by Crippen LogP contribution is -2.50. The summed E-state index contributed by atoms with van der Waals surface area (Å²) in [4.78, 5) is 47.4. The number of hydrogen-bond acceptors (Lipinski definition) is 9. The highest BCUT2D eigenvalue weighted by atomic mass is 32.1. The van der Waals surface area contributed by atoms with Crippen molar-refractivity contribution in [2.24, 2.45) is 0 Å². The summed E-state index contributed by atoms with van der Waals surface area (Å²) in [6, 6.07) is 3.55.